The fourth-order valence-electron chi connectivity index (χ4n) is 1.12. The van der Waals surface area contributed by atoms with Crippen LogP contribution in [0.2, 0.25) is 0 Å². The number of nitrogens with zero attached hydrogens (tertiary/aromatic N) is 2. The zero-order chi connectivity index (χ0) is 8.81. The van der Waals surface area contributed by atoms with Crippen LogP contribution < -0.4 is 0 Å². The van der Waals surface area contributed by atoms with E-state index < -0.39 is 0 Å². The van der Waals surface area contributed by atoms with Crippen molar-refractivity contribution in [2.75, 3.05) is 13.1 Å². The summed E-state index contributed by atoms with van der Waals surface area (Å²) in [6.07, 6.45) is 4.86. The van der Waals surface area contributed by atoms with Crippen molar-refractivity contribution in [2.45, 2.75) is 12.8 Å². The van der Waals surface area contributed by atoms with Gasteiger partial charge < -0.3 is 0 Å². The maximum Gasteiger partial charge on any atom is 0.235 e. The Morgan fingerprint density at radius 3 is 1.67 bits per heavy atom. The van der Waals surface area contributed by atoms with Crippen LogP contribution in [0, 0.1) is 0 Å². The van der Waals surface area contributed by atoms with Crippen LogP contribution in [-0.2, 0) is 9.59 Å². The van der Waals surface area contributed by atoms with E-state index in [9.17, 15) is 9.59 Å². The molecule has 1 aliphatic carbocycles. The number of aliphatic imine (C=N–C) groups is 2. The van der Waals surface area contributed by atoms with Crippen LogP contribution >= 0.6 is 0 Å². The fraction of sp³-hybridized carbons (Fsp3) is 0.500. The van der Waals surface area contributed by atoms with Gasteiger partial charge in [-0.05, 0) is 24.0 Å². The highest BCUT2D eigenvalue weighted by atomic mass is 16.1. The SMILES string of the molecule is O=C=NCC1=C(CN=C=O)CC1. The molecular formula is C8H8N2O2. The quantitative estimate of drug-likeness (QED) is 0.349. The third kappa shape index (κ3) is 1.99. The summed E-state index contributed by atoms with van der Waals surface area (Å²) in [6.45, 7) is 0.820. The molecule has 0 heterocycles. The molecule has 0 fully saturated rings. The van der Waals surface area contributed by atoms with Crippen molar-refractivity contribution in [1.82, 2.24) is 0 Å². The first-order chi connectivity index (χ1) is 5.88. The molecule has 4 heteroatoms. The van der Waals surface area contributed by atoms with Crippen molar-refractivity contribution in [1.29, 1.82) is 0 Å². The number of carbonyl (C=O) groups excluding carboxylic acids is 2. The molecule has 0 amide bonds. The van der Waals surface area contributed by atoms with Gasteiger partial charge in [0.05, 0.1) is 13.1 Å². The molecule has 0 aromatic rings. The number of hydrogen-bond acceptors (Lipinski definition) is 4. The molecular weight excluding hydrogens is 156 g/mol. The lowest BCUT2D eigenvalue weighted by Crippen LogP contribution is -2.09. The maximum atomic E-state index is 9.77. The number of isocyanates is 2. The molecule has 1 aliphatic rings. The number of hydrogen-bond donors (Lipinski definition) is 0. The van der Waals surface area contributed by atoms with Gasteiger partial charge in [0.1, 0.15) is 0 Å². The molecule has 0 atom stereocenters. The Morgan fingerprint density at radius 1 is 1.00 bits per heavy atom. The lowest BCUT2D eigenvalue weighted by Gasteiger charge is -2.19. The summed E-state index contributed by atoms with van der Waals surface area (Å²) < 4.78 is 0. The van der Waals surface area contributed by atoms with Gasteiger partial charge in [0.2, 0.25) is 12.2 Å². The summed E-state index contributed by atoms with van der Waals surface area (Å²) in [5.41, 5.74) is 2.22. The second-order valence-electron chi connectivity index (χ2n) is 2.52. The van der Waals surface area contributed by atoms with E-state index in [2.05, 4.69) is 9.98 Å². The fourth-order valence-corrected chi connectivity index (χ4v) is 1.12. The molecule has 0 saturated heterocycles. The highest BCUT2D eigenvalue weighted by Crippen LogP contribution is 2.27. The van der Waals surface area contributed by atoms with E-state index in [1.807, 2.05) is 0 Å². The minimum Gasteiger partial charge on any atom is -0.211 e. The molecule has 0 unspecified atom stereocenters. The first-order valence-corrected chi connectivity index (χ1v) is 3.65. The Morgan fingerprint density at radius 2 is 1.42 bits per heavy atom. The topological polar surface area (TPSA) is 58.9 Å². The summed E-state index contributed by atoms with van der Waals surface area (Å²) in [7, 11) is 0. The third-order valence-corrected chi connectivity index (χ3v) is 1.90. The molecule has 0 N–H and O–H groups in total. The molecule has 0 bridgehead atoms. The van der Waals surface area contributed by atoms with Crippen LogP contribution in [0.3, 0.4) is 0 Å². The van der Waals surface area contributed by atoms with Gasteiger partial charge >= 0.3 is 0 Å². The average Bonchev–Trinajstić information content (AvgIpc) is 2.04. The van der Waals surface area contributed by atoms with Crippen molar-refractivity contribution >= 4 is 12.2 Å². The lowest BCUT2D eigenvalue weighted by atomic mass is 9.88. The highest BCUT2D eigenvalue weighted by Gasteiger charge is 2.15. The van der Waals surface area contributed by atoms with Gasteiger partial charge in [-0.3, -0.25) is 0 Å². The molecule has 0 radical (unpaired) electrons. The monoisotopic (exact) mass is 164 g/mol. The van der Waals surface area contributed by atoms with Crippen LogP contribution in [0.5, 0.6) is 0 Å². The first kappa shape index (κ1) is 8.60. The smallest absolute Gasteiger partial charge is 0.211 e. The van der Waals surface area contributed by atoms with Gasteiger partial charge in [0.25, 0.3) is 0 Å². The van der Waals surface area contributed by atoms with Crippen molar-refractivity contribution in [3.63, 3.8) is 0 Å². The van der Waals surface area contributed by atoms with Gasteiger partial charge in [-0.15, -0.1) is 0 Å². The van der Waals surface area contributed by atoms with Crippen molar-refractivity contribution in [2.24, 2.45) is 9.98 Å². The van der Waals surface area contributed by atoms with E-state index in [0.29, 0.717) is 13.1 Å². The molecule has 0 spiro atoms. The van der Waals surface area contributed by atoms with Crippen LogP contribution in [0.4, 0.5) is 0 Å². The van der Waals surface area contributed by atoms with Gasteiger partial charge in [0, 0.05) is 0 Å². The molecule has 1 rings (SSSR count). The Kier molecular flexibility index (Phi) is 3.15. The third-order valence-electron chi connectivity index (χ3n) is 1.90. The van der Waals surface area contributed by atoms with Crippen molar-refractivity contribution in [3.05, 3.63) is 11.1 Å². The van der Waals surface area contributed by atoms with Gasteiger partial charge in [-0.2, -0.15) is 0 Å². The van der Waals surface area contributed by atoms with E-state index in [1.165, 1.54) is 12.2 Å². The molecule has 0 aliphatic heterocycles. The zero-order valence-corrected chi connectivity index (χ0v) is 6.54. The summed E-state index contributed by atoms with van der Waals surface area (Å²) in [4.78, 5) is 26.4. The van der Waals surface area contributed by atoms with E-state index in [0.717, 1.165) is 24.0 Å². The van der Waals surface area contributed by atoms with Crippen LogP contribution in [0.1, 0.15) is 12.8 Å². The second-order valence-corrected chi connectivity index (χ2v) is 2.52. The molecule has 0 aromatic carbocycles. The molecule has 62 valence electrons. The molecule has 12 heavy (non-hydrogen) atoms. The number of rotatable bonds is 4. The average molecular weight is 164 g/mol. The minimum absolute atomic E-state index is 0.410. The highest BCUT2D eigenvalue weighted by molar-refractivity contribution is 5.38. The van der Waals surface area contributed by atoms with Crippen LogP contribution in [-0.4, -0.2) is 25.2 Å². The second kappa shape index (κ2) is 4.39. The Hall–Kier alpha value is -1.50. The van der Waals surface area contributed by atoms with Crippen LogP contribution in [0.25, 0.3) is 0 Å². The first-order valence-electron chi connectivity index (χ1n) is 3.65. The van der Waals surface area contributed by atoms with Gasteiger partial charge in [-0.25, -0.2) is 19.6 Å². The summed E-state index contributed by atoms with van der Waals surface area (Å²) in [6, 6.07) is 0. The summed E-state index contributed by atoms with van der Waals surface area (Å²) in [5.74, 6) is 0. The molecule has 4 nitrogen and oxygen atoms in total. The predicted molar refractivity (Wildman–Crippen MR) is 42.2 cm³/mol. The standard InChI is InChI=1S/C8H8N2O2/c11-5-9-3-7-1-2-8(7)4-10-6-12/h1-4H2. The van der Waals surface area contributed by atoms with Gasteiger partial charge in [0.15, 0.2) is 0 Å². The van der Waals surface area contributed by atoms with E-state index >= 15 is 0 Å². The van der Waals surface area contributed by atoms with Crippen molar-refractivity contribution in [3.8, 4) is 0 Å². The minimum atomic E-state index is 0.410. The Balaban J connectivity index is 2.52. The Bertz CT molecular complexity index is 264. The van der Waals surface area contributed by atoms with E-state index in [-0.39, 0.29) is 0 Å². The lowest BCUT2D eigenvalue weighted by molar-refractivity contribution is 0.561. The largest absolute Gasteiger partial charge is 0.235 e. The van der Waals surface area contributed by atoms with Crippen LogP contribution in [0.15, 0.2) is 21.1 Å². The predicted octanol–water partition coefficient (Wildman–Crippen LogP) is 0.748. The van der Waals surface area contributed by atoms with E-state index in [4.69, 9.17) is 0 Å². The van der Waals surface area contributed by atoms with E-state index in [1.54, 1.807) is 0 Å². The van der Waals surface area contributed by atoms with Gasteiger partial charge in [-0.1, -0.05) is 0 Å². The molecule has 0 saturated carbocycles. The van der Waals surface area contributed by atoms with Crippen molar-refractivity contribution < 1.29 is 9.59 Å². The summed E-state index contributed by atoms with van der Waals surface area (Å²) in [5, 5.41) is 0. The normalized spacial score (nSPS) is 14.3. The summed E-state index contributed by atoms with van der Waals surface area (Å²) >= 11 is 0. The maximum absolute atomic E-state index is 9.77. The molecule has 0 aromatic heterocycles. The Labute approximate surface area is 69.7 Å². The zero-order valence-electron chi connectivity index (χ0n) is 6.54.